The second-order valence-electron chi connectivity index (χ2n) is 2.54. The van der Waals surface area contributed by atoms with Gasteiger partial charge in [-0.3, -0.25) is 0 Å². The molecule has 0 aromatic heterocycles. The van der Waals surface area contributed by atoms with Crippen molar-refractivity contribution in [2.24, 2.45) is 0 Å². The lowest BCUT2D eigenvalue weighted by Gasteiger charge is -2.04. The van der Waals surface area contributed by atoms with Gasteiger partial charge in [0.05, 0.1) is 0 Å². The molecule has 0 aromatic carbocycles. The van der Waals surface area contributed by atoms with Crippen LogP contribution in [0.3, 0.4) is 0 Å². The number of rotatable bonds is 7. The molecule has 1 atom stereocenters. The Morgan fingerprint density at radius 1 is 1.55 bits per heavy atom. The molecule has 0 aliphatic carbocycles. The van der Waals surface area contributed by atoms with Crippen molar-refractivity contribution in [1.82, 2.24) is 5.32 Å². The Hall–Kier alpha value is 0.600. The van der Waals surface area contributed by atoms with Crippen LogP contribution in [0.1, 0.15) is 20.3 Å². The fraction of sp³-hybridized carbons (Fsp3) is 1.00. The number of thioether (sulfide) groups is 1. The summed E-state index contributed by atoms with van der Waals surface area (Å²) < 4.78 is 0. The lowest BCUT2D eigenvalue weighted by molar-refractivity contribution is 0.668. The summed E-state index contributed by atoms with van der Waals surface area (Å²) >= 11 is 7.74. The normalized spacial score (nSPS) is 13.4. The summed E-state index contributed by atoms with van der Waals surface area (Å²) in [5, 5.41) is 3.56. The lowest BCUT2D eigenvalue weighted by atomic mass is 10.4. The van der Waals surface area contributed by atoms with Gasteiger partial charge in [-0.15, -0.1) is 11.6 Å². The Bertz CT molecular complexity index is 78.5. The zero-order chi connectivity index (χ0) is 8.53. The highest BCUT2D eigenvalue weighted by atomic mass is 35.5. The Kier molecular flexibility index (Phi) is 9.17. The maximum atomic E-state index is 5.75. The van der Waals surface area contributed by atoms with Gasteiger partial charge in [0.15, 0.2) is 0 Å². The molecular weight excluding hydrogens is 178 g/mol. The molecule has 1 unspecified atom stereocenters. The van der Waals surface area contributed by atoms with E-state index >= 15 is 0 Å². The van der Waals surface area contributed by atoms with E-state index in [1.54, 1.807) is 0 Å². The molecule has 68 valence electrons. The molecule has 3 heteroatoms. The molecule has 0 fully saturated rings. The molecule has 0 aromatic rings. The highest BCUT2D eigenvalue weighted by Gasteiger charge is 1.93. The third-order valence-electron chi connectivity index (χ3n) is 1.27. The van der Waals surface area contributed by atoms with Gasteiger partial charge in [0.2, 0.25) is 0 Å². The maximum Gasteiger partial charge on any atom is 0.0432 e. The maximum absolute atomic E-state index is 5.75. The molecule has 0 saturated heterocycles. The summed E-state index contributed by atoms with van der Waals surface area (Å²) in [6.07, 6.45) is 1.25. The third kappa shape index (κ3) is 10.6. The van der Waals surface area contributed by atoms with E-state index in [9.17, 15) is 0 Å². The topological polar surface area (TPSA) is 12.0 Å². The van der Waals surface area contributed by atoms with Gasteiger partial charge < -0.3 is 5.32 Å². The van der Waals surface area contributed by atoms with Crippen LogP contribution in [0.25, 0.3) is 0 Å². The van der Waals surface area contributed by atoms with Gasteiger partial charge in [0, 0.05) is 11.9 Å². The van der Waals surface area contributed by atoms with Crippen LogP contribution in [0.15, 0.2) is 0 Å². The number of hydrogen-bond donors (Lipinski definition) is 1. The van der Waals surface area contributed by atoms with E-state index in [0.29, 0.717) is 0 Å². The summed E-state index contributed by atoms with van der Waals surface area (Å²) in [4.78, 5) is 0. The molecule has 0 amide bonds. The quantitative estimate of drug-likeness (QED) is 0.495. The van der Waals surface area contributed by atoms with Crippen molar-refractivity contribution in [3.05, 3.63) is 0 Å². The number of halogens is 1. The van der Waals surface area contributed by atoms with E-state index in [1.165, 1.54) is 17.9 Å². The molecule has 0 radical (unpaired) electrons. The Morgan fingerprint density at radius 3 is 2.82 bits per heavy atom. The van der Waals surface area contributed by atoms with Crippen LogP contribution in [0.2, 0.25) is 0 Å². The molecule has 0 bridgehead atoms. The Morgan fingerprint density at radius 2 is 2.27 bits per heavy atom. The molecule has 0 rings (SSSR count). The van der Waals surface area contributed by atoms with Gasteiger partial charge in [0.1, 0.15) is 0 Å². The van der Waals surface area contributed by atoms with Crippen molar-refractivity contribution < 1.29 is 0 Å². The van der Waals surface area contributed by atoms with Crippen molar-refractivity contribution >= 4 is 23.4 Å². The van der Waals surface area contributed by atoms with E-state index in [4.69, 9.17) is 11.6 Å². The molecule has 11 heavy (non-hydrogen) atoms. The average molecular weight is 196 g/mol. The molecule has 0 saturated carbocycles. The van der Waals surface area contributed by atoms with E-state index in [1.807, 2.05) is 18.7 Å². The average Bonchev–Trinajstić information content (AvgIpc) is 1.96. The standard InChI is InChI=1S/C8H18ClNS/c1-3-11-6-4-5-10-7-8(2)9/h8,10H,3-7H2,1-2H3. The first-order valence-corrected chi connectivity index (χ1v) is 5.79. The highest BCUT2D eigenvalue weighted by molar-refractivity contribution is 7.99. The van der Waals surface area contributed by atoms with Gasteiger partial charge in [-0.1, -0.05) is 6.92 Å². The van der Waals surface area contributed by atoms with Crippen LogP contribution in [0, 0.1) is 0 Å². The van der Waals surface area contributed by atoms with E-state index in [0.717, 1.165) is 13.1 Å². The van der Waals surface area contributed by atoms with Crippen molar-refractivity contribution in [1.29, 1.82) is 0 Å². The van der Waals surface area contributed by atoms with Crippen molar-refractivity contribution in [2.75, 3.05) is 24.6 Å². The minimum atomic E-state index is 0.258. The summed E-state index contributed by atoms with van der Waals surface area (Å²) in [7, 11) is 0. The predicted octanol–water partition coefficient (Wildman–Crippen LogP) is 2.35. The zero-order valence-electron chi connectivity index (χ0n) is 7.40. The van der Waals surface area contributed by atoms with Crippen molar-refractivity contribution in [3.8, 4) is 0 Å². The predicted molar refractivity (Wildman–Crippen MR) is 55.8 cm³/mol. The van der Waals surface area contributed by atoms with Crippen LogP contribution < -0.4 is 5.32 Å². The van der Waals surface area contributed by atoms with Gasteiger partial charge in [0.25, 0.3) is 0 Å². The minimum absolute atomic E-state index is 0.258. The van der Waals surface area contributed by atoms with Crippen LogP contribution in [-0.2, 0) is 0 Å². The van der Waals surface area contributed by atoms with Crippen LogP contribution in [0.4, 0.5) is 0 Å². The van der Waals surface area contributed by atoms with Crippen molar-refractivity contribution in [3.63, 3.8) is 0 Å². The number of hydrogen-bond acceptors (Lipinski definition) is 2. The smallest absolute Gasteiger partial charge is 0.0432 e. The number of nitrogens with one attached hydrogen (secondary N) is 1. The second-order valence-corrected chi connectivity index (χ2v) is 4.67. The molecule has 1 N–H and O–H groups in total. The summed E-state index contributed by atoms with van der Waals surface area (Å²) in [5.74, 6) is 2.49. The molecule has 0 aliphatic heterocycles. The first-order chi connectivity index (χ1) is 5.27. The molecule has 0 heterocycles. The Labute approximate surface area is 79.3 Å². The third-order valence-corrected chi connectivity index (χ3v) is 2.41. The van der Waals surface area contributed by atoms with E-state index in [2.05, 4.69) is 12.2 Å². The van der Waals surface area contributed by atoms with Gasteiger partial charge >= 0.3 is 0 Å². The zero-order valence-corrected chi connectivity index (χ0v) is 8.97. The first kappa shape index (κ1) is 11.6. The Balaban J connectivity index is 2.80. The molecular formula is C8H18ClNS. The summed E-state index contributed by atoms with van der Waals surface area (Å²) in [6, 6.07) is 0. The molecule has 0 aliphatic rings. The summed E-state index contributed by atoms with van der Waals surface area (Å²) in [5.41, 5.74) is 0. The summed E-state index contributed by atoms with van der Waals surface area (Å²) in [6.45, 7) is 6.23. The molecule has 0 spiro atoms. The number of alkyl halides is 1. The monoisotopic (exact) mass is 195 g/mol. The molecule has 1 nitrogen and oxygen atoms in total. The second kappa shape index (κ2) is 8.69. The fourth-order valence-corrected chi connectivity index (χ4v) is 1.49. The largest absolute Gasteiger partial charge is 0.315 e. The highest BCUT2D eigenvalue weighted by Crippen LogP contribution is 1.99. The lowest BCUT2D eigenvalue weighted by Crippen LogP contribution is -2.22. The van der Waals surface area contributed by atoms with Gasteiger partial charge in [-0.05, 0) is 31.4 Å². The minimum Gasteiger partial charge on any atom is -0.315 e. The van der Waals surface area contributed by atoms with E-state index in [-0.39, 0.29) is 5.38 Å². The van der Waals surface area contributed by atoms with E-state index < -0.39 is 0 Å². The fourth-order valence-electron chi connectivity index (χ4n) is 0.745. The van der Waals surface area contributed by atoms with Crippen LogP contribution in [-0.4, -0.2) is 30.0 Å². The van der Waals surface area contributed by atoms with Crippen molar-refractivity contribution in [2.45, 2.75) is 25.6 Å². The van der Waals surface area contributed by atoms with Gasteiger partial charge in [-0.2, -0.15) is 11.8 Å². The van der Waals surface area contributed by atoms with Crippen LogP contribution in [0.5, 0.6) is 0 Å². The first-order valence-electron chi connectivity index (χ1n) is 4.20. The SMILES string of the molecule is CCSCCCNCC(C)Cl. The van der Waals surface area contributed by atoms with Crippen LogP contribution >= 0.6 is 23.4 Å². The van der Waals surface area contributed by atoms with Gasteiger partial charge in [-0.25, -0.2) is 0 Å².